The smallest absolute Gasteiger partial charge is 0.254 e. The number of thiophene rings is 1. The second-order valence-electron chi connectivity index (χ2n) is 5.02. The Bertz CT molecular complexity index is 585. The second-order valence-corrected chi connectivity index (χ2v) is 9.66. The van der Waals surface area contributed by atoms with Crippen LogP contribution in [0.5, 0.6) is 0 Å². The van der Waals surface area contributed by atoms with Gasteiger partial charge in [0.1, 0.15) is 0 Å². The number of carbonyl (C=O) groups excluding carboxylic acids is 1. The van der Waals surface area contributed by atoms with E-state index in [-0.39, 0.29) is 11.8 Å². The molecule has 0 saturated carbocycles. The number of halogens is 1. The highest BCUT2D eigenvalue weighted by Gasteiger charge is 2.25. The fourth-order valence-corrected chi connectivity index (χ4v) is 4.15. The van der Waals surface area contributed by atoms with Crippen molar-refractivity contribution in [1.29, 1.82) is 0 Å². The lowest BCUT2D eigenvalue weighted by molar-refractivity contribution is 0.0677. The van der Waals surface area contributed by atoms with Crippen LogP contribution < -0.4 is 4.72 Å². The topological polar surface area (TPSA) is 66.5 Å². The van der Waals surface area contributed by atoms with Crippen molar-refractivity contribution in [2.45, 2.75) is 12.8 Å². The summed E-state index contributed by atoms with van der Waals surface area (Å²) in [7, 11) is -3.16. The number of nitrogens with one attached hydrogen (secondary N) is 1. The van der Waals surface area contributed by atoms with Crippen LogP contribution in [0.1, 0.15) is 23.2 Å². The van der Waals surface area contributed by atoms with E-state index in [0.717, 1.165) is 34.1 Å². The Morgan fingerprint density at radius 3 is 2.95 bits per heavy atom. The van der Waals surface area contributed by atoms with E-state index >= 15 is 0 Å². The molecule has 0 radical (unpaired) electrons. The highest BCUT2D eigenvalue weighted by atomic mass is 127. The van der Waals surface area contributed by atoms with Crippen molar-refractivity contribution in [1.82, 2.24) is 9.62 Å². The number of piperidine rings is 1. The van der Waals surface area contributed by atoms with Gasteiger partial charge in [-0.25, -0.2) is 13.1 Å². The lowest BCUT2D eigenvalue weighted by Gasteiger charge is -2.32. The molecular weight excluding hydrogens is 411 g/mol. The molecule has 1 N–H and O–H groups in total. The summed E-state index contributed by atoms with van der Waals surface area (Å²) >= 11 is 3.76. The van der Waals surface area contributed by atoms with Gasteiger partial charge in [0, 0.05) is 25.0 Å². The largest absolute Gasteiger partial charge is 0.338 e. The summed E-state index contributed by atoms with van der Waals surface area (Å²) in [5.41, 5.74) is 0.733. The van der Waals surface area contributed by atoms with E-state index in [2.05, 4.69) is 27.3 Å². The Kier molecular flexibility index (Phi) is 5.43. The van der Waals surface area contributed by atoms with Gasteiger partial charge in [0.25, 0.3) is 5.91 Å². The molecule has 2 heterocycles. The number of amides is 1. The Hall–Kier alpha value is -0.190. The van der Waals surface area contributed by atoms with Crippen LogP contribution in [-0.4, -0.2) is 45.1 Å². The minimum absolute atomic E-state index is 0.0493. The van der Waals surface area contributed by atoms with Crippen LogP contribution in [0.15, 0.2) is 11.4 Å². The molecule has 1 aliphatic heterocycles. The third-order valence-electron chi connectivity index (χ3n) is 3.25. The van der Waals surface area contributed by atoms with Gasteiger partial charge < -0.3 is 4.90 Å². The fourth-order valence-electron chi connectivity index (χ4n) is 2.29. The first-order valence-electron chi connectivity index (χ1n) is 6.33. The van der Waals surface area contributed by atoms with Crippen molar-refractivity contribution in [3.8, 4) is 0 Å². The number of sulfonamides is 1. The summed E-state index contributed by atoms with van der Waals surface area (Å²) < 4.78 is 25.9. The van der Waals surface area contributed by atoms with E-state index in [4.69, 9.17) is 0 Å². The third-order valence-corrected chi connectivity index (χ3v) is 5.73. The molecule has 1 amide bonds. The molecule has 0 aliphatic carbocycles. The summed E-state index contributed by atoms with van der Waals surface area (Å²) in [5.74, 6) is 0.244. The standard InChI is InChI=1S/C12H17IN2O3S2/c1-20(17,18)14-6-9-3-2-4-15(7-9)12(16)10-5-11(13)19-8-10/h5,8-9,14H,2-4,6-7H2,1H3. The van der Waals surface area contributed by atoms with Crippen molar-refractivity contribution in [2.75, 3.05) is 25.9 Å². The second kappa shape index (κ2) is 6.71. The minimum atomic E-state index is -3.16. The average molecular weight is 428 g/mol. The Morgan fingerprint density at radius 2 is 2.35 bits per heavy atom. The van der Waals surface area contributed by atoms with Gasteiger partial charge in [-0.15, -0.1) is 11.3 Å². The van der Waals surface area contributed by atoms with Crippen LogP contribution in [-0.2, 0) is 10.0 Å². The summed E-state index contributed by atoms with van der Waals surface area (Å²) in [6.45, 7) is 1.78. The highest BCUT2D eigenvalue weighted by Crippen LogP contribution is 2.22. The fraction of sp³-hybridized carbons (Fsp3) is 0.583. The molecular formula is C12H17IN2O3S2. The number of hydrogen-bond acceptors (Lipinski definition) is 4. The first-order valence-corrected chi connectivity index (χ1v) is 10.2. The molecule has 1 aromatic heterocycles. The van der Waals surface area contributed by atoms with E-state index < -0.39 is 10.0 Å². The molecule has 1 aromatic rings. The molecule has 0 aromatic carbocycles. The monoisotopic (exact) mass is 428 g/mol. The van der Waals surface area contributed by atoms with Crippen LogP contribution in [0.25, 0.3) is 0 Å². The van der Waals surface area contributed by atoms with Gasteiger partial charge in [0.15, 0.2) is 0 Å². The van der Waals surface area contributed by atoms with Crippen molar-refractivity contribution in [3.05, 3.63) is 19.9 Å². The Morgan fingerprint density at radius 1 is 1.60 bits per heavy atom. The maximum absolute atomic E-state index is 12.4. The summed E-state index contributed by atoms with van der Waals surface area (Å²) in [5, 5.41) is 1.88. The summed E-state index contributed by atoms with van der Waals surface area (Å²) in [6, 6.07) is 1.89. The Balaban J connectivity index is 1.94. The molecule has 0 bridgehead atoms. The first-order chi connectivity index (χ1) is 9.35. The van der Waals surface area contributed by atoms with Crippen molar-refractivity contribution in [3.63, 3.8) is 0 Å². The summed E-state index contributed by atoms with van der Waals surface area (Å²) in [4.78, 5) is 14.2. The number of carbonyl (C=O) groups is 1. The molecule has 1 unspecified atom stereocenters. The maximum atomic E-state index is 12.4. The molecule has 8 heteroatoms. The molecule has 1 aliphatic rings. The third kappa shape index (κ3) is 4.68. The van der Waals surface area contributed by atoms with E-state index in [1.165, 1.54) is 0 Å². The van der Waals surface area contributed by atoms with Gasteiger partial charge in [-0.2, -0.15) is 0 Å². The lowest BCUT2D eigenvalue weighted by Crippen LogP contribution is -2.43. The normalized spacial score (nSPS) is 20.1. The van der Waals surface area contributed by atoms with E-state index in [0.29, 0.717) is 13.1 Å². The van der Waals surface area contributed by atoms with Crippen molar-refractivity contribution < 1.29 is 13.2 Å². The predicted molar refractivity (Wildman–Crippen MR) is 88.5 cm³/mol. The van der Waals surface area contributed by atoms with E-state index in [1.54, 1.807) is 11.3 Å². The zero-order valence-corrected chi connectivity index (χ0v) is 14.9. The van der Waals surface area contributed by atoms with E-state index in [9.17, 15) is 13.2 Å². The van der Waals surface area contributed by atoms with Crippen LogP contribution in [0.2, 0.25) is 0 Å². The number of hydrogen-bond donors (Lipinski definition) is 1. The molecule has 1 atom stereocenters. The van der Waals surface area contributed by atoms with Crippen molar-refractivity contribution in [2.24, 2.45) is 5.92 Å². The zero-order valence-electron chi connectivity index (χ0n) is 11.1. The highest BCUT2D eigenvalue weighted by molar-refractivity contribution is 14.1. The molecule has 0 spiro atoms. The van der Waals surface area contributed by atoms with Gasteiger partial charge in [0.2, 0.25) is 10.0 Å². The van der Waals surface area contributed by atoms with Gasteiger partial charge in [0.05, 0.1) is 14.7 Å². The minimum Gasteiger partial charge on any atom is -0.338 e. The molecule has 112 valence electrons. The number of likely N-dealkylation sites (tertiary alicyclic amines) is 1. The van der Waals surface area contributed by atoms with Crippen LogP contribution in [0.3, 0.4) is 0 Å². The molecule has 5 nitrogen and oxygen atoms in total. The van der Waals surface area contributed by atoms with E-state index in [1.807, 2.05) is 16.3 Å². The average Bonchev–Trinajstić information content (AvgIpc) is 2.82. The number of nitrogens with zero attached hydrogens (tertiary/aromatic N) is 1. The van der Waals surface area contributed by atoms with Crippen LogP contribution in [0, 0.1) is 8.80 Å². The molecule has 1 saturated heterocycles. The SMILES string of the molecule is CS(=O)(=O)NCC1CCCN(C(=O)c2csc(I)c2)C1. The summed E-state index contributed by atoms with van der Waals surface area (Å²) in [6.07, 6.45) is 3.03. The Labute approximate surface area is 136 Å². The van der Waals surface area contributed by atoms with Gasteiger partial charge >= 0.3 is 0 Å². The van der Waals surface area contributed by atoms with Crippen LogP contribution >= 0.6 is 33.9 Å². The predicted octanol–water partition coefficient (Wildman–Crippen LogP) is 1.75. The molecule has 2 rings (SSSR count). The lowest BCUT2D eigenvalue weighted by atomic mass is 9.98. The quantitative estimate of drug-likeness (QED) is 0.744. The first kappa shape index (κ1) is 16.2. The van der Waals surface area contributed by atoms with Crippen LogP contribution in [0.4, 0.5) is 0 Å². The van der Waals surface area contributed by atoms with Gasteiger partial charge in [-0.05, 0) is 47.4 Å². The number of rotatable bonds is 4. The van der Waals surface area contributed by atoms with Crippen molar-refractivity contribution >= 4 is 49.9 Å². The maximum Gasteiger partial charge on any atom is 0.254 e. The zero-order chi connectivity index (χ0) is 14.8. The molecule has 1 fully saturated rings. The van der Waals surface area contributed by atoms with Gasteiger partial charge in [-0.1, -0.05) is 0 Å². The van der Waals surface area contributed by atoms with Gasteiger partial charge in [-0.3, -0.25) is 4.79 Å². The molecule has 20 heavy (non-hydrogen) atoms.